The maximum Gasteiger partial charge on any atom is 0.0254 e. The Morgan fingerprint density at radius 3 is 2.59 bits per heavy atom. The summed E-state index contributed by atoms with van der Waals surface area (Å²) in [5.74, 6) is 0. The highest BCUT2D eigenvalue weighted by molar-refractivity contribution is 5.37. The third-order valence-electron chi connectivity index (χ3n) is 5.67. The quantitative estimate of drug-likeness (QED) is 0.679. The first-order valence-corrected chi connectivity index (χ1v) is 8.74. The van der Waals surface area contributed by atoms with Crippen LogP contribution < -0.4 is 10.6 Å². The molecule has 0 bridgehead atoms. The van der Waals surface area contributed by atoms with Crippen molar-refractivity contribution in [2.75, 3.05) is 19.6 Å². The Hall–Kier alpha value is -0.860. The summed E-state index contributed by atoms with van der Waals surface area (Å²) in [6.45, 7) is 21.1. The molecule has 2 nitrogen and oxygen atoms in total. The Labute approximate surface area is 138 Å². The average molecular weight is 305 g/mol. The second-order valence-electron chi connectivity index (χ2n) is 7.51. The van der Waals surface area contributed by atoms with Gasteiger partial charge in [-0.25, -0.2) is 0 Å². The number of hydrogen-bond acceptors (Lipinski definition) is 2. The molecule has 0 radical (unpaired) electrons. The molecule has 0 aromatic rings. The Balaban J connectivity index is 3.26. The molecule has 126 valence electrons. The zero-order valence-electron chi connectivity index (χ0n) is 15.6. The zero-order valence-corrected chi connectivity index (χ0v) is 15.6. The van der Waals surface area contributed by atoms with Crippen LogP contribution in [0.2, 0.25) is 0 Å². The number of hydrogen-bond donors (Lipinski definition) is 2. The molecular formula is C20H36N2. The van der Waals surface area contributed by atoms with Crippen molar-refractivity contribution in [3.63, 3.8) is 0 Å². The van der Waals surface area contributed by atoms with Crippen LogP contribution in [-0.4, -0.2) is 25.7 Å². The molecule has 1 rings (SSSR count). The molecular weight excluding hydrogens is 268 g/mol. The lowest BCUT2D eigenvalue weighted by Gasteiger charge is -2.50. The van der Waals surface area contributed by atoms with Crippen LogP contribution in [0, 0.1) is 10.8 Å². The molecule has 1 fully saturated rings. The highest BCUT2D eigenvalue weighted by Gasteiger charge is 2.45. The van der Waals surface area contributed by atoms with Gasteiger partial charge in [0.15, 0.2) is 0 Å². The first-order chi connectivity index (χ1) is 10.3. The molecule has 0 amide bonds. The van der Waals surface area contributed by atoms with Crippen molar-refractivity contribution in [1.29, 1.82) is 0 Å². The van der Waals surface area contributed by atoms with E-state index in [0.717, 1.165) is 19.6 Å². The molecule has 0 spiro atoms. The Bertz CT molecular complexity index is 431. The van der Waals surface area contributed by atoms with E-state index in [1.54, 1.807) is 0 Å². The second-order valence-corrected chi connectivity index (χ2v) is 7.51. The van der Waals surface area contributed by atoms with E-state index in [2.05, 4.69) is 70.9 Å². The topological polar surface area (TPSA) is 24.1 Å². The van der Waals surface area contributed by atoms with E-state index in [4.69, 9.17) is 0 Å². The standard InChI is InChI=1S/C20H36N2/c1-8-10-11-18(16(3)17(4)22-13-9-2)20(7)15-21-14-12-19(20,5)6/h8,10-11,17,21-22H,1,9,12-15H2,2-7H3/b11-10-,18-16+. The van der Waals surface area contributed by atoms with Gasteiger partial charge >= 0.3 is 0 Å². The summed E-state index contributed by atoms with van der Waals surface area (Å²) < 4.78 is 0. The number of allylic oxidation sites excluding steroid dienone is 3. The van der Waals surface area contributed by atoms with Crippen LogP contribution in [0.15, 0.2) is 36.0 Å². The molecule has 2 heteroatoms. The Morgan fingerprint density at radius 1 is 1.36 bits per heavy atom. The molecule has 1 heterocycles. The molecule has 1 saturated heterocycles. The molecule has 1 aliphatic heterocycles. The Kier molecular flexibility index (Phi) is 7.08. The van der Waals surface area contributed by atoms with E-state index >= 15 is 0 Å². The highest BCUT2D eigenvalue weighted by atomic mass is 14.9. The third-order valence-corrected chi connectivity index (χ3v) is 5.67. The van der Waals surface area contributed by atoms with Gasteiger partial charge in [0.2, 0.25) is 0 Å². The minimum absolute atomic E-state index is 0.136. The largest absolute Gasteiger partial charge is 0.316 e. The first-order valence-electron chi connectivity index (χ1n) is 8.74. The van der Waals surface area contributed by atoms with Crippen molar-refractivity contribution in [3.8, 4) is 0 Å². The summed E-state index contributed by atoms with van der Waals surface area (Å²) in [6.07, 6.45) is 8.62. The maximum atomic E-state index is 3.85. The van der Waals surface area contributed by atoms with Crippen LogP contribution in [-0.2, 0) is 0 Å². The molecule has 2 unspecified atom stereocenters. The normalized spacial score (nSPS) is 27.5. The van der Waals surface area contributed by atoms with Gasteiger partial charge in [-0.3, -0.25) is 0 Å². The fourth-order valence-corrected chi connectivity index (χ4v) is 3.38. The SMILES string of the molecule is C=C/C=C\C(=C(\C)C(C)NCCC)C1(C)CNCCC1(C)C. The monoisotopic (exact) mass is 304 g/mol. The summed E-state index contributed by atoms with van der Waals surface area (Å²) in [5.41, 5.74) is 3.33. The first kappa shape index (κ1) is 19.2. The summed E-state index contributed by atoms with van der Waals surface area (Å²) in [6, 6.07) is 0.402. The van der Waals surface area contributed by atoms with Crippen LogP contribution >= 0.6 is 0 Å². The number of nitrogens with one attached hydrogen (secondary N) is 2. The molecule has 0 aromatic carbocycles. The van der Waals surface area contributed by atoms with E-state index in [0.29, 0.717) is 6.04 Å². The lowest BCUT2D eigenvalue weighted by atomic mass is 9.58. The smallest absolute Gasteiger partial charge is 0.0254 e. The molecule has 0 aliphatic carbocycles. The lowest BCUT2D eigenvalue weighted by Crippen LogP contribution is -2.51. The predicted molar refractivity (Wildman–Crippen MR) is 99.2 cm³/mol. The summed E-state index contributed by atoms with van der Waals surface area (Å²) in [5, 5.41) is 7.25. The molecule has 0 aromatic heterocycles. The number of rotatable bonds is 7. The maximum absolute atomic E-state index is 3.85. The molecule has 1 aliphatic rings. The van der Waals surface area contributed by atoms with Gasteiger partial charge in [-0.1, -0.05) is 58.1 Å². The summed E-state index contributed by atoms with van der Waals surface area (Å²) in [4.78, 5) is 0. The van der Waals surface area contributed by atoms with Crippen molar-refractivity contribution in [2.45, 2.75) is 60.4 Å². The van der Waals surface area contributed by atoms with E-state index in [-0.39, 0.29) is 10.8 Å². The zero-order chi connectivity index (χ0) is 16.8. The van der Waals surface area contributed by atoms with Crippen LogP contribution in [0.5, 0.6) is 0 Å². The fraction of sp³-hybridized carbons (Fsp3) is 0.700. The van der Waals surface area contributed by atoms with E-state index in [1.807, 2.05) is 6.08 Å². The van der Waals surface area contributed by atoms with Gasteiger partial charge in [-0.15, -0.1) is 0 Å². The van der Waals surface area contributed by atoms with E-state index in [9.17, 15) is 0 Å². The van der Waals surface area contributed by atoms with Gasteiger partial charge in [0.05, 0.1) is 0 Å². The van der Waals surface area contributed by atoms with E-state index in [1.165, 1.54) is 24.0 Å². The van der Waals surface area contributed by atoms with Gasteiger partial charge in [-0.05, 0) is 50.8 Å². The van der Waals surface area contributed by atoms with Gasteiger partial charge < -0.3 is 10.6 Å². The lowest BCUT2D eigenvalue weighted by molar-refractivity contribution is 0.0864. The second kappa shape index (κ2) is 8.12. The third kappa shape index (κ3) is 4.11. The van der Waals surface area contributed by atoms with Crippen LogP contribution in [0.25, 0.3) is 0 Å². The highest BCUT2D eigenvalue weighted by Crippen LogP contribution is 2.49. The van der Waals surface area contributed by atoms with Crippen molar-refractivity contribution in [1.82, 2.24) is 10.6 Å². The predicted octanol–water partition coefficient (Wildman–Crippen LogP) is 4.46. The van der Waals surface area contributed by atoms with Gasteiger partial charge in [0, 0.05) is 18.0 Å². The van der Waals surface area contributed by atoms with Crippen LogP contribution in [0.3, 0.4) is 0 Å². The average Bonchev–Trinajstić information content (AvgIpc) is 2.48. The Morgan fingerprint density at radius 2 is 2.05 bits per heavy atom. The summed E-state index contributed by atoms with van der Waals surface area (Å²) >= 11 is 0. The number of piperidine rings is 1. The van der Waals surface area contributed by atoms with Crippen LogP contribution in [0.4, 0.5) is 0 Å². The van der Waals surface area contributed by atoms with Gasteiger partial charge in [0.1, 0.15) is 0 Å². The molecule has 0 saturated carbocycles. The minimum atomic E-state index is 0.136. The van der Waals surface area contributed by atoms with Crippen molar-refractivity contribution in [2.24, 2.45) is 10.8 Å². The van der Waals surface area contributed by atoms with Gasteiger partial charge in [0.25, 0.3) is 0 Å². The van der Waals surface area contributed by atoms with Crippen molar-refractivity contribution in [3.05, 3.63) is 36.0 Å². The fourth-order valence-electron chi connectivity index (χ4n) is 3.38. The molecule has 2 N–H and O–H groups in total. The van der Waals surface area contributed by atoms with E-state index < -0.39 is 0 Å². The molecule has 22 heavy (non-hydrogen) atoms. The van der Waals surface area contributed by atoms with Crippen molar-refractivity contribution >= 4 is 0 Å². The molecule has 2 atom stereocenters. The summed E-state index contributed by atoms with van der Waals surface area (Å²) in [7, 11) is 0. The van der Waals surface area contributed by atoms with Crippen LogP contribution in [0.1, 0.15) is 54.4 Å². The minimum Gasteiger partial charge on any atom is -0.316 e. The van der Waals surface area contributed by atoms with Gasteiger partial charge in [-0.2, -0.15) is 0 Å². The van der Waals surface area contributed by atoms with Crippen molar-refractivity contribution < 1.29 is 0 Å².